The first kappa shape index (κ1) is 24.0. The summed E-state index contributed by atoms with van der Waals surface area (Å²) in [6.07, 6.45) is 7.69. The van der Waals surface area contributed by atoms with Gasteiger partial charge in [0.15, 0.2) is 17.8 Å². The summed E-state index contributed by atoms with van der Waals surface area (Å²) in [6, 6.07) is 15.1. The number of benzene rings is 2. The van der Waals surface area contributed by atoms with Crippen molar-refractivity contribution < 1.29 is 18.8 Å². The highest BCUT2D eigenvalue weighted by Crippen LogP contribution is 2.42. The summed E-state index contributed by atoms with van der Waals surface area (Å²) in [5, 5.41) is 13.8. The minimum Gasteiger partial charge on any atom is -0.424 e. The maximum Gasteiger partial charge on any atom is 0.241 e. The second-order valence-electron chi connectivity index (χ2n) is 9.76. The Morgan fingerprint density at radius 1 is 1.08 bits per heavy atom. The van der Waals surface area contributed by atoms with E-state index in [9.17, 15) is 9.59 Å². The van der Waals surface area contributed by atoms with Crippen LogP contribution in [0.4, 0.5) is 22.1 Å². The summed E-state index contributed by atoms with van der Waals surface area (Å²) in [6.45, 7) is 1.78. The van der Waals surface area contributed by atoms with Gasteiger partial charge in [-0.25, -0.2) is 0 Å². The van der Waals surface area contributed by atoms with Crippen LogP contribution in [0.1, 0.15) is 49.1 Å². The van der Waals surface area contributed by atoms with Gasteiger partial charge in [-0.15, -0.1) is 0 Å². The minimum absolute atomic E-state index is 0.106. The highest BCUT2D eigenvalue weighted by atomic mass is 16.5. The fourth-order valence-electron chi connectivity index (χ4n) is 4.68. The van der Waals surface area contributed by atoms with Crippen molar-refractivity contribution in [1.29, 1.82) is 0 Å². The van der Waals surface area contributed by atoms with E-state index in [2.05, 4.69) is 33.2 Å². The van der Waals surface area contributed by atoms with E-state index in [-0.39, 0.29) is 18.2 Å². The van der Waals surface area contributed by atoms with Crippen LogP contribution in [0.3, 0.4) is 0 Å². The topological polar surface area (TPSA) is 105 Å². The molecule has 2 aliphatic rings. The van der Waals surface area contributed by atoms with Gasteiger partial charge in [0.25, 0.3) is 0 Å². The molecule has 1 aliphatic heterocycles. The lowest BCUT2D eigenvalue weighted by atomic mass is 10.0. The van der Waals surface area contributed by atoms with Gasteiger partial charge in [-0.3, -0.25) is 14.5 Å². The molecule has 1 saturated heterocycles. The lowest BCUT2D eigenvalue weighted by molar-refractivity contribution is -0.765. The maximum absolute atomic E-state index is 12.6. The average molecular weight is 489 g/mol. The number of piperidine rings is 1. The fraction of sp³-hybridized carbons (Fsp3) is 0.407. The molecule has 1 saturated carbocycles. The molecule has 36 heavy (non-hydrogen) atoms. The Morgan fingerprint density at radius 3 is 2.61 bits per heavy atom. The van der Waals surface area contributed by atoms with E-state index >= 15 is 0 Å². The van der Waals surface area contributed by atoms with Gasteiger partial charge in [0, 0.05) is 5.69 Å². The Balaban J connectivity index is 1.20. The van der Waals surface area contributed by atoms with Crippen LogP contribution in [0, 0.1) is 0 Å². The Bertz CT molecular complexity index is 1210. The molecule has 3 amide bonds. The summed E-state index contributed by atoms with van der Waals surface area (Å²) >= 11 is 0. The van der Waals surface area contributed by atoms with Gasteiger partial charge >= 0.3 is 0 Å². The maximum atomic E-state index is 12.6. The molecule has 2 aromatic carbocycles. The van der Waals surface area contributed by atoms with Crippen LogP contribution in [0.15, 0.2) is 59.3 Å². The number of hydrogen-bond donors (Lipinski definition) is 2. The second-order valence-corrected chi connectivity index (χ2v) is 9.76. The lowest BCUT2D eigenvalue weighted by Gasteiger charge is -2.29. The highest BCUT2D eigenvalue weighted by Gasteiger charge is 2.25. The van der Waals surface area contributed by atoms with Crippen molar-refractivity contribution in [2.45, 2.75) is 57.0 Å². The summed E-state index contributed by atoms with van der Waals surface area (Å²) in [4.78, 5) is 27.5. The molecule has 0 bridgehead atoms. The molecule has 0 radical (unpaired) electrons. The van der Waals surface area contributed by atoms with E-state index in [4.69, 9.17) is 4.52 Å². The molecule has 3 aromatic rings. The summed E-state index contributed by atoms with van der Waals surface area (Å²) in [5.41, 5.74) is 3.28. The normalized spacial score (nSPS) is 18.0. The molecule has 9 heteroatoms. The minimum atomic E-state index is -0.553. The third kappa shape index (κ3) is 6.48. The van der Waals surface area contributed by atoms with Gasteiger partial charge < -0.3 is 20.5 Å². The summed E-state index contributed by atoms with van der Waals surface area (Å²) < 4.78 is 6.97. The highest BCUT2D eigenvalue weighted by molar-refractivity contribution is 6.04. The Labute approximate surface area is 210 Å². The summed E-state index contributed by atoms with van der Waals surface area (Å²) in [7, 11) is 2.12. The van der Waals surface area contributed by atoms with Crippen molar-refractivity contribution in [3.8, 4) is 0 Å². The first-order valence-electron chi connectivity index (χ1n) is 12.6. The number of rotatable bonds is 8. The fourth-order valence-corrected chi connectivity index (χ4v) is 4.68. The zero-order valence-corrected chi connectivity index (χ0v) is 20.5. The van der Waals surface area contributed by atoms with Crippen LogP contribution in [0.5, 0.6) is 0 Å². The number of likely N-dealkylation sites (N-methyl/N-ethyl adjacent to an activating group) is 1. The molecule has 188 valence electrons. The SMILES string of the molecule is CN1CCCCC1C[n+]1cc([N-]C(=O)Nc2cc(NC(=O)Cc3ccccc3)cc(C3CC3)c2)on1. The lowest BCUT2D eigenvalue weighted by Crippen LogP contribution is -2.48. The van der Waals surface area contributed by atoms with Crippen LogP contribution in [0.2, 0.25) is 0 Å². The van der Waals surface area contributed by atoms with E-state index in [1.54, 1.807) is 16.9 Å². The zero-order chi connectivity index (χ0) is 24.9. The largest absolute Gasteiger partial charge is 0.424 e. The predicted molar refractivity (Wildman–Crippen MR) is 136 cm³/mol. The molecule has 1 aromatic heterocycles. The van der Waals surface area contributed by atoms with Crippen LogP contribution in [-0.2, 0) is 17.8 Å². The number of urea groups is 1. The van der Waals surface area contributed by atoms with E-state index in [0.717, 1.165) is 36.9 Å². The molecular formula is C27H32N6O3. The number of anilines is 2. The standard InChI is InChI=1S/C27H32N6O3/c1-32-12-6-5-9-24(32)17-33-18-26(36-31-33)30-27(35)29-23-15-21(20-10-11-20)14-22(16-23)28-25(34)13-19-7-3-2-4-8-19/h2-4,7-8,14-16,18,20,24H,5-6,9-13,17H2,1H3,(H2-,28,29,30,31,34,35). The van der Waals surface area contributed by atoms with E-state index in [1.807, 2.05) is 42.5 Å². The van der Waals surface area contributed by atoms with Crippen molar-refractivity contribution in [3.05, 3.63) is 71.2 Å². The van der Waals surface area contributed by atoms with Crippen LogP contribution in [-0.4, -0.2) is 41.7 Å². The van der Waals surface area contributed by atoms with Gasteiger partial charge in [-0.05, 0) is 74.1 Å². The van der Waals surface area contributed by atoms with Crippen LogP contribution < -0.4 is 15.3 Å². The number of carbonyl (C=O) groups is 2. The third-order valence-electron chi connectivity index (χ3n) is 6.78. The zero-order valence-electron chi connectivity index (χ0n) is 20.5. The molecule has 0 spiro atoms. The average Bonchev–Trinajstić information content (AvgIpc) is 3.62. The first-order chi connectivity index (χ1) is 17.5. The Kier molecular flexibility index (Phi) is 7.27. The van der Waals surface area contributed by atoms with E-state index in [1.165, 1.54) is 12.8 Å². The number of amides is 3. The quantitative estimate of drug-likeness (QED) is 0.446. The first-order valence-corrected chi connectivity index (χ1v) is 12.6. The monoisotopic (exact) mass is 488 g/mol. The Morgan fingerprint density at radius 2 is 1.86 bits per heavy atom. The van der Waals surface area contributed by atoms with Gasteiger partial charge in [0.1, 0.15) is 0 Å². The number of nitrogens with zero attached hydrogens (tertiary/aromatic N) is 4. The van der Waals surface area contributed by atoms with Gasteiger partial charge in [0.2, 0.25) is 18.0 Å². The van der Waals surface area contributed by atoms with E-state index < -0.39 is 6.03 Å². The smallest absolute Gasteiger partial charge is 0.241 e. The molecule has 2 fully saturated rings. The van der Waals surface area contributed by atoms with Gasteiger partial charge in [-0.2, -0.15) is 0 Å². The number of hydrogen-bond acceptors (Lipinski definition) is 5. The van der Waals surface area contributed by atoms with Gasteiger partial charge in [0.05, 0.1) is 12.5 Å². The molecule has 5 rings (SSSR count). The Hall–Kier alpha value is -3.72. The van der Waals surface area contributed by atoms with Crippen molar-refractivity contribution in [2.75, 3.05) is 24.2 Å². The predicted octanol–water partition coefficient (Wildman–Crippen LogP) is 4.74. The molecule has 9 nitrogen and oxygen atoms in total. The van der Waals surface area contributed by atoms with E-state index in [0.29, 0.717) is 29.9 Å². The molecule has 2 heterocycles. The molecule has 1 aliphatic carbocycles. The van der Waals surface area contributed by atoms with Crippen LogP contribution in [0.25, 0.3) is 5.32 Å². The molecule has 2 N–H and O–H groups in total. The van der Waals surface area contributed by atoms with Crippen molar-refractivity contribution >= 4 is 29.2 Å². The number of carbonyl (C=O) groups excluding carboxylic acids is 2. The van der Waals surface area contributed by atoms with Crippen LogP contribution >= 0.6 is 0 Å². The third-order valence-corrected chi connectivity index (χ3v) is 6.78. The molecular weight excluding hydrogens is 456 g/mol. The molecule has 1 atom stereocenters. The number of likely N-dealkylation sites (tertiary alicyclic amines) is 1. The van der Waals surface area contributed by atoms with Gasteiger partial charge in [-0.1, -0.05) is 47.5 Å². The molecule has 1 unspecified atom stereocenters. The second kappa shape index (κ2) is 10.9. The van der Waals surface area contributed by atoms with Crippen molar-refractivity contribution in [1.82, 2.24) is 10.2 Å². The van der Waals surface area contributed by atoms with Crippen molar-refractivity contribution in [3.63, 3.8) is 0 Å². The number of nitrogens with one attached hydrogen (secondary N) is 2. The van der Waals surface area contributed by atoms with Crippen molar-refractivity contribution in [2.24, 2.45) is 0 Å². The number of aromatic nitrogens is 2. The summed E-state index contributed by atoms with van der Waals surface area (Å²) in [5.74, 6) is 0.501.